The third-order valence-corrected chi connectivity index (χ3v) is 7.39. The molecule has 6 rings (SSSR count). The van der Waals surface area contributed by atoms with Crippen molar-refractivity contribution in [2.24, 2.45) is 0 Å². The third-order valence-electron chi connectivity index (χ3n) is 7.39. The van der Waals surface area contributed by atoms with Crippen LogP contribution >= 0.6 is 0 Å². The van der Waals surface area contributed by atoms with E-state index >= 15 is 0 Å². The number of carbonyl (C=O) groups is 1. The van der Waals surface area contributed by atoms with Gasteiger partial charge in [0.25, 0.3) is 0 Å². The molecule has 0 saturated carbocycles. The molecule has 0 unspecified atom stereocenters. The molecule has 0 aliphatic carbocycles. The van der Waals surface area contributed by atoms with E-state index in [2.05, 4.69) is 65.8 Å². The van der Waals surface area contributed by atoms with E-state index in [1.54, 1.807) is 12.4 Å². The van der Waals surface area contributed by atoms with Gasteiger partial charge in [-0.25, -0.2) is 14.8 Å². The number of carbonyl (C=O) groups excluding carboxylic acids is 1. The van der Waals surface area contributed by atoms with Crippen LogP contribution < -0.4 is 5.32 Å². The van der Waals surface area contributed by atoms with Crippen molar-refractivity contribution in [2.45, 2.75) is 32.7 Å². The molecule has 0 bridgehead atoms. The topological polar surface area (TPSA) is 71.0 Å². The van der Waals surface area contributed by atoms with Crippen LogP contribution in [-0.2, 0) is 25.8 Å². The summed E-state index contributed by atoms with van der Waals surface area (Å²) in [5.74, 6) is 0.662. The largest absolute Gasteiger partial charge is 0.322 e. The average molecular weight is 526 g/mol. The minimum absolute atomic E-state index is 0.113. The zero-order valence-corrected chi connectivity index (χ0v) is 22.5. The number of benzene rings is 3. The molecule has 1 aliphatic heterocycles. The number of hydrogen-bond acceptors (Lipinski definition) is 4. The number of nitrogens with zero attached hydrogens (tertiary/aromatic N) is 4. The lowest BCUT2D eigenvalue weighted by Gasteiger charge is -2.30. The van der Waals surface area contributed by atoms with Crippen LogP contribution in [0.25, 0.3) is 22.6 Å². The van der Waals surface area contributed by atoms with Crippen LogP contribution in [-0.4, -0.2) is 32.4 Å². The summed E-state index contributed by atoms with van der Waals surface area (Å²) in [4.78, 5) is 29.5. The van der Waals surface area contributed by atoms with E-state index in [0.29, 0.717) is 25.3 Å². The van der Waals surface area contributed by atoms with E-state index in [1.807, 2.05) is 47.4 Å². The van der Waals surface area contributed by atoms with Crippen molar-refractivity contribution in [3.8, 4) is 22.6 Å². The van der Waals surface area contributed by atoms with Crippen molar-refractivity contribution < 1.29 is 4.79 Å². The number of aromatic nitrogens is 3. The smallest absolute Gasteiger partial charge is 0.320 e. The van der Waals surface area contributed by atoms with Gasteiger partial charge in [0.1, 0.15) is 0 Å². The van der Waals surface area contributed by atoms with Gasteiger partial charge in [-0.2, -0.15) is 0 Å². The molecule has 2 aromatic heterocycles. The summed E-state index contributed by atoms with van der Waals surface area (Å²) < 4.78 is 0. The summed E-state index contributed by atoms with van der Waals surface area (Å²) in [6.07, 6.45) is 6.08. The number of anilines is 1. The first-order valence-corrected chi connectivity index (χ1v) is 13.7. The van der Waals surface area contributed by atoms with E-state index in [0.717, 1.165) is 52.2 Å². The molecule has 198 valence electrons. The Morgan fingerprint density at radius 2 is 1.68 bits per heavy atom. The Bertz CT molecular complexity index is 1640. The zero-order chi connectivity index (χ0) is 27.3. The summed E-state index contributed by atoms with van der Waals surface area (Å²) in [5, 5.41) is 3.13. The SMILES string of the molecule is Cc1ccccc1-c1nc(-c2cccnc2)nc2c1CN(C(=O)Nc1cccc(CCc3ccccc3)c1)CC2. The summed E-state index contributed by atoms with van der Waals surface area (Å²) in [6.45, 7) is 3.13. The van der Waals surface area contributed by atoms with Crippen LogP contribution in [0.2, 0.25) is 0 Å². The number of pyridine rings is 1. The van der Waals surface area contributed by atoms with Gasteiger partial charge in [0, 0.05) is 47.7 Å². The van der Waals surface area contributed by atoms with Gasteiger partial charge in [-0.1, -0.05) is 66.7 Å². The maximum absolute atomic E-state index is 13.4. The van der Waals surface area contributed by atoms with Gasteiger partial charge in [0.15, 0.2) is 5.82 Å². The maximum atomic E-state index is 13.4. The van der Waals surface area contributed by atoms with Gasteiger partial charge < -0.3 is 10.2 Å². The standard InChI is InChI=1S/C34H31N5O/c1-24-9-5-6-15-29(24)32-30-23-39(20-18-31(30)37-33(38-32)27-13-8-19-35-22-27)34(40)36-28-14-7-12-26(21-28)17-16-25-10-3-2-4-11-25/h2-15,19,21-22H,16-18,20,23H2,1H3,(H,36,40). The number of nitrogens with one attached hydrogen (secondary N) is 1. The minimum Gasteiger partial charge on any atom is -0.320 e. The fraction of sp³-hybridized carbons (Fsp3) is 0.176. The number of amides is 2. The van der Waals surface area contributed by atoms with Crippen molar-refractivity contribution in [1.82, 2.24) is 19.9 Å². The van der Waals surface area contributed by atoms with Crippen LogP contribution in [0.1, 0.15) is 27.9 Å². The van der Waals surface area contributed by atoms with Gasteiger partial charge in [-0.3, -0.25) is 4.98 Å². The average Bonchev–Trinajstić information content (AvgIpc) is 3.01. The lowest BCUT2D eigenvalue weighted by atomic mass is 9.96. The van der Waals surface area contributed by atoms with Crippen molar-refractivity contribution in [3.63, 3.8) is 0 Å². The first kappa shape index (κ1) is 25.4. The first-order chi connectivity index (χ1) is 19.6. The molecular formula is C34H31N5O. The predicted octanol–water partition coefficient (Wildman–Crippen LogP) is 6.89. The van der Waals surface area contributed by atoms with Crippen LogP contribution in [0.15, 0.2) is 103 Å². The molecule has 2 amide bonds. The molecule has 6 nitrogen and oxygen atoms in total. The van der Waals surface area contributed by atoms with Crippen molar-refractivity contribution in [2.75, 3.05) is 11.9 Å². The second-order valence-corrected chi connectivity index (χ2v) is 10.2. The quantitative estimate of drug-likeness (QED) is 0.262. The van der Waals surface area contributed by atoms with Crippen molar-refractivity contribution in [1.29, 1.82) is 0 Å². The fourth-order valence-electron chi connectivity index (χ4n) is 5.21. The molecule has 0 fully saturated rings. The highest BCUT2D eigenvalue weighted by Gasteiger charge is 2.27. The van der Waals surface area contributed by atoms with Crippen LogP contribution in [0.5, 0.6) is 0 Å². The second-order valence-electron chi connectivity index (χ2n) is 10.2. The van der Waals surface area contributed by atoms with E-state index in [1.165, 1.54) is 11.1 Å². The molecule has 6 heteroatoms. The molecule has 0 spiro atoms. The molecule has 5 aromatic rings. The lowest BCUT2D eigenvalue weighted by Crippen LogP contribution is -2.39. The Morgan fingerprint density at radius 1 is 0.875 bits per heavy atom. The van der Waals surface area contributed by atoms with E-state index < -0.39 is 0 Å². The van der Waals surface area contributed by atoms with Gasteiger partial charge in [-0.15, -0.1) is 0 Å². The third kappa shape index (κ3) is 5.61. The van der Waals surface area contributed by atoms with Crippen molar-refractivity contribution >= 4 is 11.7 Å². The van der Waals surface area contributed by atoms with Gasteiger partial charge in [0.2, 0.25) is 0 Å². The van der Waals surface area contributed by atoms with Gasteiger partial charge in [0.05, 0.1) is 17.9 Å². The molecule has 3 heterocycles. The van der Waals surface area contributed by atoms with Crippen molar-refractivity contribution in [3.05, 3.63) is 131 Å². The number of fused-ring (bicyclic) bond motifs is 1. The molecule has 1 N–H and O–H groups in total. The van der Waals surface area contributed by atoms with E-state index in [-0.39, 0.29) is 6.03 Å². The summed E-state index contributed by atoms with van der Waals surface area (Å²) in [6, 6.07) is 30.6. The molecule has 0 saturated heterocycles. The van der Waals surface area contributed by atoms with Gasteiger partial charge >= 0.3 is 6.03 Å². The van der Waals surface area contributed by atoms with E-state index in [9.17, 15) is 4.79 Å². The fourth-order valence-corrected chi connectivity index (χ4v) is 5.21. The monoisotopic (exact) mass is 525 g/mol. The molecule has 40 heavy (non-hydrogen) atoms. The Balaban J connectivity index is 1.23. The van der Waals surface area contributed by atoms with Crippen LogP contribution in [0.3, 0.4) is 0 Å². The molecule has 1 aliphatic rings. The summed E-state index contributed by atoms with van der Waals surface area (Å²) >= 11 is 0. The highest BCUT2D eigenvalue weighted by molar-refractivity contribution is 5.89. The van der Waals surface area contributed by atoms with Gasteiger partial charge in [-0.05, 0) is 60.7 Å². The number of hydrogen-bond donors (Lipinski definition) is 1. The Kier molecular flexibility index (Phi) is 7.31. The normalized spacial score (nSPS) is 12.6. The molecule has 0 atom stereocenters. The highest BCUT2D eigenvalue weighted by atomic mass is 16.2. The number of aryl methyl sites for hydroxylation is 3. The number of urea groups is 1. The van der Waals surface area contributed by atoms with Crippen LogP contribution in [0, 0.1) is 6.92 Å². The maximum Gasteiger partial charge on any atom is 0.322 e. The minimum atomic E-state index is -0.113. The summed E-state index contributed by atoms with van der Waals surface area (Å²) in [5.41, 5.74) is 9.25. The second kappa shape index (κ2) is 11.5. The number of rotatable bonds is 6. The Morgan fingerprint density at radius 3 is 2.50 bits per heavy atom. The first-order valence-electron chi connectivity index (χ1n) is 13.7. The summed E-state index contributed by atoms with van der Waals surface area (Å²) in [7, 11) is 0. The molecule has 3 aromatic carbocycles. The Labute approximate surface area is 234 Å². The van der Waals surface area contributed by atoms with E-state index in [4.69, 9.17) is 9.97 Å². The Hall–Kier alpha value is -4.84. The lowest BCUT2D eigenvalue weighted by molar-refractivity contribution is 0.206. The highest BCUT2D eigenvalue weighted by Crippen LogP contribution is 2.32. The predicted molar refractivity (Wildman–Crippen MR) is 159 cm³/mol. The molecular weight excluding hydrogens is 494 g/mol. The van der Waals surface area contributed by atoms with Crippen LogP contribution in [0.4, 0.5) is 10.5 Å². The zero-order valence-electron chi connectivity index (χ0n) is 22.5. The molecule has 0 radical (unpaired) electrons.